The van der Waals surface area contributed by atoms with Crippen LogP contribution in [0, 0.1) is 0 Å². The number of unbranched alkanes of at least 4 members (excludes halogenated alkanes) is 14. The molecule has 0 aliphatic heterocycles. The van der Waals surface area contributed by atoms with Crippen LogP contribution in [0.1, 0.15) is 158 Å². The fraction of sp³-hybridized carbons (Fsp3) is 0.345. The highest BCUT2D eigenvalue weighted by atomic mass is 35.5. The molecule has 380 valence electrons. The first-order valence-electron chi connectivity index (χ1n) is 24.8. The largest absolute Gasteiger partial charge is 0.494 e. The van der Waals surface area contributed by atoms with E-state index in [0.717, 1.165) is 31.1 Å². The van der Waals surface area contributed by atoms with E-state index in [1.807, 2.05) is 0 Å². The Bertz CT molecular complexity index is 2530. The molecule has 10 nitrogen and oxygen atoms in total. The summed E-state index contributed by atoms with van der Waals surface area (Å²) in [6, 6.07) is 28.2. The van der Waals surface area contributed by atoms with Crippen molar-refractivity contribution in [2.45, 2.75) is 117 Å². The molecule has 72 heavy (non-hydrogen) atoms. The Morgan fingerprint density at radius 3 is 0.986 bits per heavy atom. The highest BCUT2D eigenvalue weighted by Gasteiger charge is 2.22. The summed E-state index contributed by atoms with van der Waals surface area (Å²) < 4.78 is 34.1. The van der Waals surface area contributed by atoms with Crippen LogP contribution in [0.25, 0.3) is 10.8 Å². The highest BCUT2D eigenvalue weighted by molar-refractivity contribution is 6.38. The van der Waals surface area contributed by atoms with Crippen LogP contribution in [-0.4, -0.2) is 37.1 Å². The molecule has 0 aliphatic rings. The number of ether oxygens (including phenoxy) is 6. The number of rotatable bonds is 28. The number of benzene rings is 6. The molecular weight excluding hydrogens is 998 g/mol. The van der Waals surface area contributed by atoms with Gasteiger partial charge in [0.2, 0.25) is 0 Å². The predicted molar refractivity (Wildman–Crippen MR) is 286 cm³/mol. The Morgan fingerprint density at radius 1 is 0.333 bits per heavy atom. The number of esters is 4. The minimum absolute atomic E-state index is 0.00671. The maximum absolute atomic E-state index is 13.3. The van der Waals surface area contributed by atoms with Crippen molar-refractivity contribution in [2.24, 2.45) is 0 Å². The van der Waals surface area contributed by atoms with E-state index in [2.05, 4.69) is 13.8 Å². The molecule has 6 aromatic rings. The van der Waals surface area contributed by atoms with Gasteiger partial charge >= 0.3 is 23.9 Å². The van der Waals surface area contributed by atoms with Crippen molar-refractivity contribution in [3.05, 3.63) is 152 Å². The van der Waals surface area contributed by atoms with Gasteiger partial charge in [-0.25, -0.2) is 19.2 Å². The Balaban J connectivity index is 0.980. The van der Waals surface area contributed by atoms with Crippen molar-refractivity contribution in [1.29, 1.82) is 0 Å². The minimum Gasteiger partial charge on any atom is -0.494 e. The first-order chi connectivity index (χ1) is 34.9. The lowest BCUT2D eigenvalue weighted by Gasteiger charge is -2.12. The fourth-order valence-corrected chi connectivity index (χ4v) is 8.87. The van der Waals surface area contributed by atoms with E-state index < -0.39 is 23.9 Å². The van der Waals surface area contributed by atoms with Crippen molar-refractivity contribution < 1.29 is 47.6 Å². The van der Waals surface area contributed by atoms with Gasteiger partial charge in [0.25, 0.3) is 0 Å². The Labute approximate surface area is 442 Å². The maximum atomic E-state index is 13.3. The van der Waals surface area contributed by atoms with Crippen LogP contribution >= 0.6 is 46.4 Å². The number of hydrogen-bond donors (Lipinski definition) is 0. The number of carbonyl (C=O) groups is 4. The van der Waals surface area contributed by atoms with Crippen molar-refractivity contribution >= 4 is 81.1 Å². The van der Waals surface area contributed by atoms with E-state index in [-0.39, 0.29) is 65.3 Å². The summed E-state index contributed by atoms with van der Waals surface area (Å²) in [7, 11) is 0. The van der Waals surface area contributed by atoms with Gasteiger partial charge in [-0.15, -0.1) is 0 Å². The zero-order valence-corrected chi connectivity index (χ0v) is 43.7. The van der Waals surface area contributed by atoms with Crippen LogP contribution in [0.2, 0.25) is 20.1 Å². The molecular formula is C58H60Cl4O10. The average Bonchev–Trinajstić information content (AvgIpc) is 3.37. The van der Waals surface area contributed by atoms with E-state index in [0.29, 0.717) is 30.1 Å². The third-order valence-corrected chi connectivity index (χ3v) is 12.9. The van der Waals surface area contributed by atoms with Gasteiger partial charge in [0.15, 0.2) is 11.5 Å². The normalized spacial score (nSPS) is 11.0. The van der Waals surface area contributed by atoms with Gasteiger partial charge in [-0.1, -0.05) is 162 Å². The smallest absolute Gasteiger partial charge is 0.343 e. The quantitative estimate of drug-likeness (QED) is 0.0266. The van der Waals surface area contributed by atoms with E-state index in [1.165, 1.54) is 101 Å². The third kappa shape index (κ3) is 17.2. The summed E-state index contributed by atoms with van der Waals surface area (Å²) >= 11 is 25.9. The average molecular weight is 1060 g/mol. The lowest BCUT2D eigenvalue weighted by Crippen LogP contribution is -2.12. The molecule has 0 amide bonds. The molecule has 14 heteroatoms. The van der Waals surface area contributed by atoms with Crippen LogP contribution < -0.4 is 28.4 Å². The molecule has 0 radical (unpaired) electrons. The topological polar surface area (TPSA) is 124 Å². The Kier molecular flexibility index (Phi) is 22.4. The summed E-state index contributed by atoms with van der Waals surface area (Å²) in [4.78, 5) is 52.7. The maximum Gasteiger partial charge on any atom is 0.343 e. The number of halogens is 4. The molecule has 6 aromatic carbocycles. The molecule has 0 N–H and O–H groups in total. The number of hydrogen-bond acceptors (Lipinski definition) is 10. The van der Waals surface area contributed by atoms with Crippen LogP contribution in [0.4, 0.5) is 0 Å². The number of carbonyl (C=O) groups excluding carboxylic acids is 4. The van der Waals surface area contributed by atoms with Crippen LogP contribution in [-0.2, 0) is 0 Å². The van der Waals surface area contributed by atoms with Crippen molar-refractivity contribution in [2.75, 3.05) is 13.2 Å². The first-order valence-corrected chi connectivity index (χ1v) is 26.3. The predicted octanol–water partition coefficient (Wildman–Crippen LogP) is 17.4. The molecule has 0 aromatic heterocycles. The van der Waals surface area contributed by atoms with Crippen LogP contribution in [0.3, 0.4) is 0 Å². The molecule has 0 unspecified atom stereocenters. The van der Waals surface area contributed by atoms with E-state index in [9.17, 15) is 19.2 Å². The molecule has 6 rings (SSSR count). The standard InChI is InChI=1S/C58H60Cl4O10/c1-3-5-7-9-11-13-15-17-31-67-45-25-21-40(22-26-45)55(63)71-53-49(59)35-43(36-50(53)60)57(65)69-47-29-19-39-20-30-48(34-42(39)33-47)70-58(66)44-37-51(61)54(52(62)38-44)72-56(64)41-23-27-46(28-24-41)68-32-18-16-14-12-10-8-6-4-2/h19-30,33-38H,3-18,31-32H2,1-2H3. The van der Waals surface area contributed by atoms with E-state index in [1.54, 1.807) is 84.9 Å². The van der Waals surface area contributed by atoms with Crippen LogP contribution in [0.15, 0.2) is 109 Å². The zero-order chi connectivity index (χ0) is 51.2. The minimum atomic E-state index is -0.781. The molecule has 0 spiro atoms. The SMILES string of the molecule is CCCCCCCCCCOc1ccc(C(=O)Oc2c(Cl)cc(C(=O)Oc3ccc4ccc(OC(=O)c5cc(Cl)c(OC(=O)c6ccc(OCCCCCCCCCC)cc6)c(Cl)c5)cc4c3)cc2Cl)cc1. The second-order valence-electron chi connectivity index (χ2n) is 17.5. The molecule has 0 saturated carbocycles. The molecule has 0 fully saturated rings. The second-order valence-corrected chi connectivity index (χ2v) is 19.1. The first kappa shape index (κ1) is 55.5. The highest BCUT2D eigenvalue weighted by Crippen LogP contribution is 2.37. The van der Waals surface area contributed by atoms with Crippen LogP contribution in [0.5, 0.6) is 34.5 Å². The van der Waals surface area contributed by atoms with Gasteiger partial charge < -0.3 is 28.4 Å². The zero-order valence-electron chi connectivity index (χ0n) is 40.7. The lowest BCUT2D eigenvalue weighted by molar-refractivity contribution is 0.0720. The summed E-state index contributed by atoms with van der Waals surface area (Å²) in [6.45, 7) is 5.63. The fourth-order valence-electron chi connectivity index (χ4n) is 7.74. The monoisotopic (exact) mass is 1060 g/mol. The van der Waals surface area contributed by atoms with Gasteiger partial charge in [-0.3, -0.25) is 0 Å². The third-order valence-electron chi connectivity index (χ3n) is 11.8. The Morgan fingerprint density at radius 2 is 0.639 bits per heavy atom. The second kappa shape index (κ2) is 29.1. The van der Waals surface area contributed by atoms with Gasteiger partial charge in [0, 0.05) is 0 Å². The summed E-state index contributed by atoms with van der Waals surface area (Å²) in [5.41, 5.74) is 0.532. The summed E-state index contributed by atoms with van der Waals surface area (Å²) in [5, 5.41) is 1.03. The van der Waals surface area contributed by atoms with Gasteiger partial charge in [0.1, 0.15) is 23.0 Å². The van der Waals surface area contributed by atoms with Crippen molar-refractivity contribution in [1.82, 2.24) is 0 Å². The summed E-state index contributed by atoms with van der Waals surface area (Å²) in [6.07, 6.45) is 19.3. The van der Waals surface area contributed by atoms with Gasteiger partial charge in [-0.2, -0.15) is 0 Å². The van der Waals surface area contributed by atoms with Gasteiger partial charge in [0.05, 0.1) is 55.6 Å². The van der Waals surface area contributed by atoms with E-state index >= 15 is 0 Å². The van der Waals surface area contributed by atoms with Crippen molar-refractivity contribution in [3.8, 4) is 34.5 Å². The molecule has 0 bridgehead atoms. The van der Waals surface area contributed by atoms with Crippen molar-refractivity contribution in [3.63, 3.8) is 0 Å². The Hall–Kier alpha value is -5.78. The lowest BCUT2D eigenvalue weighted by atomic mass is 10.1. The molecule has 0 heterocycles. The molecule has 0 atom stereocenters. The van der Waals surface area contributed by atoms with Gasteiger partial charge in [-0.05, 0) is 121 Å². The molecule has 0 saturated heterocycles. The molecule has 0 aliphatic carbocycles. The number of fused-ring (bicyclic) bond motifs is 1. The summed E-state index contributed by atoms with van der Waals surface area (Å²) in [5.74, 6) is -1.53. The van der Waals surface area contributed by atoms with E-state index in [4.69, 9.17) is 74.8 Å².